The molecule has 0 heterocycles. The van der Waals surface area contributed by atoms with Crippen molar-refractivity contribution >= 4 is 23.5 Å². The number of hydrogen-bond acceptors (Lipinski definition) is 3. The molecule has 0 saturated carbocycles. The third kappa shape index (κ3) is 5.04. The third-order valence-corrected chi connectivity index (χ3v) is 3.26. The molecule has 0 saturated heterocycles. The number of carbonyl (C=O) groups excluding carboxylic acids is 1. The normalized spacial score (nSPS) is 12.3. The van der Waals surface area contributed by atoms with Crippen LogP contribution in [0.15, 0.2) is 29.2 Å². The summed E-state index contributed by atoms with van der Waals surface area (Å²) in [5.41, 5.74) is 0.438. The van der Waals surface area contributed by atoms with Gasteiger partial charge < -0.3 is 15.3 Å². The molecule has 0 spiro atoms. The van der Waals surface area contributed by atoms with E-state index in [4.69, 9.17) is 5.11 Å². The second-order valence-electron chi connectivity index (χ2n) is 3.98. The first kappa shape index (κ1) is 15.7. The molecular weight excluding hydrogens is 274 g/mol. The number of halogens is 2. The Morgan fingerprint density at radius 1 is 1.53 bits per heavy atom. The van der Waals surface area contributed by atoms with Gasteiger partial charge in [0.15, 0.2) is 0 Å². The third-order valence-electron chi connectivity index (χ3n) is 2.56. The van der Waals surface area contributed by atoms with E-state index in [1.165, 1.54) is 11.0 Å². The second kappa shape index (κ2) is 7.30. The van der Waals surface area contributed by atoms with E-state index in [-0.39, 0.29) is 12.6 Å². The van der Waals surface area contributed by atoms with Crippen LogP contribution in [0.2, 0.25) is 0 Å². The fourth-order valence-electron chi connectivity index (χ4n) is 1.28. The number of urea groups is 1. The maximum absolute atomic E-state index is 12.2. The number of amides is 2. The Morgan fingerprint density at radius 2 is 2.21 bits per heavy atom. The monoisotopic (exact) mass is 290 g/mol. The number of anilines is 1. The van der Waals surface area contributed by atoms with Gasteiger partial charge in [0.25, 0.3) is 5.76 Å². The van der Waals surface area contributed by atoms with Gasteiger partial charge in [-0.05, 0) is 25.1 Å². The lowest BCUT2D eigenvalue weighted by Gasteiger charge is -2.23. The average molecular weight is 290 g/mol. The molecule has 1 rings (SSSR count). The molecule has 7 heteroatoms. The Hall–Kier alpha value is -1.34. The molecule has 0 aliphatic heterocycles. The zero-order valence-electron chi connectivity index (χ0n) is 10.6. The smallest absolute Gasteiger partial charge is 0.321 e. The molecule has 2 N–H and O–H groups in total. The predicted molar refractivity (Wildman–Crippen MR) is 71.6 cm³/mol. The number of benzene rings is 1. The van der Waals surface area contributed by atoms with Crippen molar-refractivity contribution in [3.63, 3.8) is 0 Å². The zero-order chi connectivity index (χ0) is 14.4. The lowest BCUT2D eigenvalue weighted by Crippen LogP contribution is -2.40. The molecule has 1 aromatic carbocycles. The van der Waals surface area contributed by atoms with Crippen LogP contribution in [0.4, 0.5) is 19.3 Å². The Balaban J connectivity index is 2.69. The van der Waals surface area contributed by atoms with Crippen molar-refractivity contribution < 1.29 is 18.7 Å². The molecule has 1 unspecified atom stereocenters. The number of aliphatic hydroxyl groups excluding tert-OH is 1. The van der Waals surface area contributed by atoms with Crippen molar-refractivity contribution in [3.05, 3.63) is 24.3 Å². The largest absolute Gasteiger partial charge is 0.394 e. The number of thioether (sulfide) groups is 1. The molecule has 106 valence electrons. The summed E-state index contributed by atoms with van der Waals surface area (Å²) in [6.45, 7) is 1.55. The Labute approximate surface area is 114 Å². The summed E-state index contributed by atoms with van der Waals surface area (Å²) in [6.07, 6.45) is 0. The van der Waals surface area contributed by atoms with Gasteiger partial charge in [0.05, 0.1) is 12.6 Å². The highest BCUT2D eigenvalue weighted by molar-refractivity contribution is 7.99. The number of aliphatic hydroxyl groups is 1. The Bertz CT molecular complexity index is 432. The first-order valence-electron chi connectivity index (χ1n) is 5.63. The number of carbonyl (C=O) groups is 1. The van der Waals surface area contributed by atoms with E-state index < -0.39 is 11.8 Å². The van der Waals surface area contributed by atoms with Crippen LogP contribution in [-0.4, -0.2) is 41.5 Å². The molecule has 1 atom stereocenters. The molecule has 0 fully saturated rings. The fraction of sp³-hybridized carbons (Fsp3) is 0.417. The quantitative estimate of drug-likeness (QED) is 0.820. The van der Waals surface area contributed by atoms with Crippen molar-refractivity contribution in [2.75, 3.05) is 19.0 Å². The van der Waals surface area contributed by atoms with Crippen molar-refractivity contribution in [3.8, 4) is 0 Å². The summed E-state index contributed by atoms with van der Waals surface area (Å²) < 4.78 is 24.5. The summed E-state index contributed by atoms with van der Waals surface area (Å²) in [7, 11) is 1.55. The number of hydrogen-bond donors (Lipinski definition) is 2. The summed E-state index contributed by atoms with van der Waals surface area (Å²) in [4.78, 5) is 13.5. The first-order chi connectivity index (χ1) is 8.93. The van der Waals surface area contributed by atoms with Crippen molar-refractivity contribution in [2.45, 2.75) is 23.6 Å². The van der Waals surface area contributed by atoms with Gasteiger partial charge in [-0.1, -0.05) is 17.8 Å². The van der Waals surface area contributed by atoms with Crippen LogP contribution in [0, 0.1) is 0 Å². The molecular formula is C12H16F2N2O2S. The Morgan fingerprint density at radius 3 is 2.79 bits per heavy atom. The number of nitrogens with zero attached hydrogens (tertiary/aromatic N) is 1. The second-order valence-corrected chi connectivity index (χ2v) is 5.04. The summed E-state index contributed by atoms with van der Waals surface area (Å²) >= 11 is 0.421. The molecule has 0 radical (unpaired) electrons. The molecule has 19 heavy (non-hydrogen) atoms. The van der Waals surface area contributed by atoms with Crippen LogP contribution in [-0.2, 0) is 0 Å². The lowest BCUT2D eigenvalue weighted by molar-refractivity contribution is 0.166. The van der Waals surface area contributed by atoms with Crippen LogP contribution in [0.5, 0.6) is 0 Å². The van der Waals surface area contributed by atoms with E-state index in [1.807, 2.05) is 0 Å². The standard InChI is InChI=1S/C12H16F2N2O2S/c1-8(7-17)16(2)12(18)15-9-4-3-5-10(6-9)19-11(13)14/h3-6,8,11,17H,7H2,1-2H3,(H,15,18). The molecule has 0 aromatic heterocycles. The molecule has 2 amide bonds. The number of likely N-dealkylation sites (N-methyl/N-ethyl adjacent to an activating group) is 1. The number of rotatable bonds is 5. The zero-order valence-corrected chi connectivity index (χ0v) is 11.5. The highest BCUT2D eigenvalue weighted by atomic mass is 32.2. The average Bonchev–Trinajstić information content (AvgIpc) is 2.36. The summed E-state index contributed by atoms with van der Waals surface area (Å²) in [6, 6.07) is 5.51. The van der Waals surface area contributed by atoms with Crippen LogP contribution < -0.4 is 5.32 Å². The van der Waals surface area contributed by atoms with Gasteiger partial charge in [0, 0.05) is 17.6 Å². The minimum absolute atomic E-state index is 0.148. The molecule has 0 aliphatic rings. The van der Waals surface area contributed by atoms with E-state index in [0.717, 1.165) is 0 Å². The van der Waals surface area contributed by atoms with Crippen LogP contribution in [0.25, 0.3) is 0 Å². The van der Waals surface area contributed by atoms with Crippen LogP contribution in [0.3, 0.4) is 0 Å². The van der Waals surface area contributed by atoms with Gasteiger partial charge in [0.2, 0.25) is 0 Å². The first-order valence-corrected chi connectivity index (χ1v) is 6.51. The fourth-order valence-corrected chi connectivity index (χ4v) is 1.84. The topological polar surface area (TPSA) is 52.6 Å². The maximum Gasteiger partial charge on any atom is 0.321 e. The van der Waals surface area contributed by atoms with E-state index in [2.05, 4.69) is 5.32 Å². The van der Waals surface area contributed by atoms with Gasteiger partial charge in [-0.3, -0.25) is 0 Å². The minimum atomic E-state index is -2.50. The SMILES string of the molecule is CC(CO)N(C)C(=O)Nc1cccc(SC(F)F)c1. The predicted octanol–water partition coefficient (Wildman–Crippen LogP) is 2.85. The van der Waals surface area contributed by atoms with Crippen LogP contribution in [0.1, 0.15) is 6.92 Å². The molecule has 1 aromatic rings. The van der Waals surface area contributed by atoms with Crippen LogP contribution >= 0.6 is 11.8 Å². The van der Waals surface area contributed by atoms with E-state index in [9.17, 15) is 13.6 Å². The van der Waals surface area contributed by atoms with Gasteiger partial charge in [-0.25, -0.2) is 4.79 Å². The summed E-state index contributed by atoms with van der Waals surface area (Å²) in [5.74, 6) is -2.50. The van der Waals surface area contributed by atoms with Gasteiger partial charge in [0.1, 0.15) is 0 Å². The van der Waals surface area contributed by atoms with Crippen molar-refractivity contribution in [1.29, 1.82) is 0 Å². The van der Waals surface area contributed by atoms with E-state index in [0.29, 0.717) is 22.3 Å². The molecule has 4 nitrogen and oxygen atoms in total. The summed E-state index contributed by atoms with van der Waals surface area (Å²) in [5, 5.41) is 11.5. The van der Waals surface area contributed by atoms with Crippen molar-refractivity contribution in [1.82, 2.24) is 4.90 Å². The van der Waals surface area contributed by atoms with Gasteiger partial charge in [-0.2, -0.15) is 8.78 Å². The van der Waals surface area contributed by atoms with Gasteiger partial charge in [-0.15, -0.1) is 0 Å². The number of alkyl halides is 2. The molecule has 0 bridgehead atoms. The Kier molecular flexibility index (Phi) is 6.04. The van der Waals surface area contributed by atoms with Crippen molar-refractivity contribution in [2.24, 2.45) is 0 Å². The van der Waals surface area contributed by atoms with Gasteiger partial charge >= 0.3 is 6.03 Å². The highest BCUT2D eigenvalue weighted by Crippen LogP contribution is 2.27. The minimum Gasteiger partial charge on any atom is -0.394 e. The van der Waals surface area contributed by atoms with E-state index >= 15 is 0 Å². The lowest BCUT2D eigenvalue weighted by atomic mass is 10.3. The maximum atomic E-state index is 12.2. The molecule has 0 aliphatic carbocycles. The highest BCUT2D eigenvalue weighted by Gasteiger charge is 2.15. The van der Waals surface area contributed by atoms with E-state index in [1.54, 1.807) is 32.2 Å². The number of nitrogens with one attached hydrogen (secondary N) is 1.